The quantitative estimate of drug-likeness (QED) is 0.656. The predicted octanol–water partition coefficient (Wildman–Crippen LogP) is 3.20. The molecule has 4 rings (SSSR count). The SMILES string of the molecule is Cn1c(=O)n(C)c2cc(CN(Cc3ccc(F)cc3)C[C@@H]3CCCO3)ccc21. The van der Waals surface area contributed by atoms with Gasteiger partial charge in [0.15, 0.2) is 0 Å². The average molecular weight is 383 g/mol. The monoisotopic (exact) mass is 383 g/mol. The molecule has 28 heavy (non-hydrogen) atoms. The van der Waals surface area contributed by atoms with Crippen LogP contribution in [0.1, 0.15) is 24.0 Å². The third-order valence-electron chi connectivity index (χ3n) is 5.55. The second-order valence-electron chi connectivity index (χ2n) is 7.65. The van der Waals surface area contributed by atoms with E-state index in [-0.39, 0.29) is 17.6 Å². The summed E-state index contributed by atoms with van der Waals surface area (Å²) in [5, 5.41) is 0. The number of aromatic nitrogens is 2. The van der Waals surface area contributed by atoms with E-state index in [1.165, 1.54) is 12.1 Å². The Balaban J connectivity index is 1.58. The Labute approximate surface area is 163 Å². The molecule has 3 aromatic rings. The van der Waals surface area contributed by atoms with Crippen molar-refractivity contribution in [3.05, 3.63) is 69.9 Å². The molecule has 1 aliphatic heterocycles. The van der Waals surface area contributed by atoms with E-state index in [1.54, 1.807) is 23.2 Å². The van der Waals surface area contributed by atoms with Gasteiger partial charge in [-0.25, -0.2) is 9.18 Å². The summed E-state index contributed by atoms with van der Waals surface area (Å²) in [5.41, 5.74) is 4.07. The second kappa shape index (κ2) is 7.89. The molecule has 0 unspecified atom stereocenters. The number of aryl methyl sites for hydroxylation is 2. The van der Waals surface area contributed by atoms with Crippen LogP contribution < -0.4 is 5.69 Å². The Morgan fingerprint density at radius 1 is 1.04 bits per heavy atom. The van der Waals surface area contributed by atoms with E-state index >= 15 is 0 Å². The zero-order valence-electron chi connectivity index (χ0n) is 16.4. The lowest BCUT2D eigenvalue weighted by Crippen LogP contribution is -2.31. The number of hydrogen-bond donors (Lipinski definition) is 0. The minimum Gasteiger partial charge on any atom is -0.377 e. The predicted molar refractivity (Wildman–Crippen MR) is 108 cm³/mol. The van der Waals surface area contributed by atoms with Crippen LogP contribution in [0.4, 0.5) is 4.39 Å². The zero-order valence-corrected chi connectivity index (χ0v) is 16.4. The third kappa shape index (κ3) is 3.88. The molecule has 0 saturated carbocycles. The van der Waals surface area contributed by atoms with Gasteiger partial charge in [0.05, 0.1) is 17.1 Å². The molecular weight excluding hydrogens is 357 g/mol. The van der Waals surface area contributed by atoms with Crippen molar-refractivity contribution < 1.29 is 9.13 Å². The van der Waals surface area contributed by atoms with Crippen LogP contribution in [0.5, 0.6) is 0 Å². The second-order valence-corrected chi connectivity index (χ2v) is 7.65. The normalized spacial score (nSPS) is 17.1. The van der Waals surface area contributed by atoms with Gasteiger partial charge in [0, 0.05) is 40.3 Å². The van der Waals surface area contributed by atoms with Gasteiger partial charge in [0.1, 0.15) is 5.82 Å². The largest absolute Gasteiger partial charge is 0.377 e. The zero-order chi connectivity index (χ0) is 19.7. The summed E-state index contributed by atoms with van der Waals surface area (Å²) >= 11 is 0. The highest BCUT2D eigenvalue weighted by atomic mass is 19.1. The summed E-state index contributed by atoms with van der Waals surface area (Å²) in [6.07, 6.45) is 2.42. The van der Waals surface area contributed by atoms with Crippen molar-refractivity contribution in [2.24, 2.45) is 14.1 Å². The average Bonchev–Trinajstić information content (AvgIpc) is 3.27. The van der Waals surface area contributed by atoms with Gasteiger partial charge in [-0.15, -0.1) is 0 Å². The summed E-state index contributed by atoms with van der Waals surface area (Å²) in [4.78, 5) is 14.5. The molecule has 0 N–H and O–H groups in total. The van der Waals surface area contributed by atoms with Gasteiger partial charge >= 0.3 is 5.69 Å². The molecule has 0 aliphatic carbocycles. The Morgan fingerprint density at radius 2 is 1.71 bits per heavy atom. The van der Waals surface area contributed by atoms with Crippen LogP contribution in [0.15, 0.2) is 47.3 Å². The molecule has 1 aromatic heterocycles. The number of halogens is 1. The standard InChI is InChI=1S/C22H26FN3O2/c1-24-20-10-7-17(12-21(20)25(2)22(24)27)14-26(15-19-4-3-11-28-19)13-16-5-8-18(23)9-6-16/h5-10,12,19H,3-4,11,13-15H2,1-2H3/t19-/m0/s1. The van der Waals surface area contributed by atoms with Crippen molar-refractivity contribution in [3.63, 3.8) is 0 Å². The molecule has 0 radical (unpaired) electrons. The Hall–Kier alpha value is -2.44. The van der Waals surface area contributed by atoms with Crippen molar-refractivity contribution in [1.82, 2.24) is 14.0 Å². The first-order valence-corrected chi connectivity index (χ1v) is 9.74. The molecule has 1 saturated heterocycles. The van der Waals surface area contributed by atoms with Crippen LogP contribution in [0.25, 0.3) is 11.0 Å². The first-order valence-electron chi connectivity index (χ1n) is 9.74. The van der Waals surface area contributed by atoms with Gasteiger partial charge < -0.3 is 4.74 Å². The number of nitrogens with zero attached hydrogens (tertiary/aromatic N) is 3. The molecule has 1 aliphatic rings. The van der Waals surface area contributed by atoms with Crippen LogP contribution in [0.3, 0.4) is 0 Å². The maximum Gasteiger partial charge on any atom is 0.328 e. The van der Waals surface area contributed by atoms with Crippen molar-refractivity contribution in [2.45, 2.75) is 32.0 Å². The van der Waals surface area contributed by atoms with Gasteiger partial charge in [-0.3, -0.25) is 14.0 Å². The number of hydrogen-bond acceptors (Lipinski definition) is 3. The summed E-state index contributed by atoms with van der Waals surface area (Å²) in [6, 6.07) is 12.9. The molecule has 0 spiro atoms. The first kappa shape index (κ1) is 18.9. The molecule has 0 bridgehead atoms. The third-order valence-corrected chi connectivity index (χ3v) is 5.55. The highest BCUT2D eigenvalue weighted by molar-refractivity contribution is 5.76. The number of benzene rings is 2. The molecule has 6 heteroatoms. The van der Waals surface area contributed by atoms with E-state index < -0.39 is 0 Å². The van der Waals surface area contributed by atoms with Crippen molar-refractivity contribution >= 4 is 11.0 Å². The summed E-state index contributed by atoms with van der Waals surface area (Å²) in [7, 11) is 3.60. The van der Waals surface area contributed by atoms with E-state index in [4.69, 9.17) is 4.74 Å². The lowest BCUT2D eigenvalue weighted by molar-refractivity contribution is 0.0679. The van der Waals surface area contributed by atoms with Gasteiger partial charge in [-0.2, -0.15) is 0 Å². The highest BCUT2D eigenvalue weighted by Crippen LogP contribution is 2.20. The number of imidazole rings is 1. The van der Waals surface area contributed by atoms with Crippen molar-refractivity contribution in [1.29, 1.82) is 0 Å². The minimum atomic E-state index is -0.218. The van der Waals surface area contributed by atoms with Crippen molar-refractivity contribution in [3.8, 4) is 0 Å². The van der Waals surface area contributed by atoms with Crippen molar-refractivity contribution in [2.75, 3.05) is 13.2 Å². The van der Waals surface area contributed by atoms with Gasteiger partial charge in [0.25, 0.3) is 0 Å². The van der Waals surface area contributed by atoms with E-state index in [9.17, 15) is 9.18 Å². The molecule has 5 nitrogen and oxygen atoms in total. The first-order chi connectivity index (χ1) is 13.5. The van der Waals surface area contributed by atoms with E-state index in [0.29, 0.717) is 0 Å². The van der Waals surface area contributed by atoms with E-state index in [2.05, 4.69) is 17.0 Å². The lowest BCUT2D eigenvalue weighted by Gasteiger charge is -2.25. The maximum atomic E-state index is 13.3. The van der Waals surface area contributed by atoms with Crippen LogP contribution in [-0.2, 0) is 31.9 Å². The Kier molecular flexibility index (Phi) is 5.33. The molecule has 2 aromatic carbocycles. The Bertz CT molecular complexity index is 1020. The molecular formula is C22H26FN3O2. The molecule has 148 valence electrons. The highest BCUT2D eigenvalue weighted by Gasteiger charge is 2.20. The molecule has 0 amide bonds. The topological polar surface area (TPSA) is 39.4 Å². The summed E-state index contributed by atoms with van der Waals surface area (Å²) < 4.78 is 22.4. The fraction of sp³-hybridized carbons (Fsp3) is 0.409. The lowest BCUT2D eigenvalue weighted by atomic mass is 10.1. The molecule has 1 atom stereocenters. The molecule has 1 fully saturated rings. The van der Waals surface area contributed by atoms with Gasteiger partial charge in [-0.1, -0.05) is 18.2 Å². The van der Waals surface area contributed by atoms with Crippen LogP contribution >= 0.6 is 0 Å². The van der Waals surface area contributed by atoms with E-state index in [0.717, 1.165) is 61.2 Å². The van der Waals surface area contributed by atoms with Crippen LogP contribution in [-0.4, -0.2) is 33.3 Å². The fourth-order valence-corrected chi connectivity index (χ4v) is 4.02. The number of rotatable bonds is 6. The fourth-order valence-electron chi connectivity index (χ4n) is 4.02. The van der Waals surface area contributed by atoms with Gasteiger partial charge in [0.2, 0.25) is 0 Å². The summed E-state index contributed by atoms with van der Waals surface area (Å²) in [5.74, 6) is -0.218. The molecule has 2 heterocycles. The maximum absolute atomic E-state index is 13.3. The minimum absolute atomic E-state index is 0.0188. The van der Waals surface area contributed by atoms with Crippen LogP contribution in [0, 0.1) is 5.82 Å². The summed E-state index contributed by atoms with van der Waals surface area (Å²) in [6.45, 7) is 3.14. The van der Waals surface area contributed by atoms with Gasteiger partial charge in [-0.05, 0) is 48.2 Å². The van der Waals surface area contributed by atoms with Crippen LogP contribution in [0.2, 0.25) is 0 Å². The van der Waals surface area contributed by atoms with E-state index in [1.807, 2.05) is 18.2 Å². The smallest absolute Gasteiger partial charge is 0.328 e. The number of ether oxygens (including phenoxy) is 1. The number of fused-ring (bicyclic) bond motifs is 1. The Morgan fingerprint density at radius 3 is 2.43 bits per heavy atom.